The summed E-state index contributed by atoms with van der Waals surface area (Å²) in [6.45, 7) is 11.5. The minimum absolute atomic E-state index is 0. The lowest BCUT2D eigenvalue weighted by Gasteiger charge is -2.05. The number of carbonyl (C=O) groups excluding carboxylic acids is 1. The molecule has 0 saturated heterocycles. The highest BCUT2D eigenvalue weighted by atomic mass is 16.1. The maximum atomic E-state index is 12.3. The number of aromatic amines is 1. The second-order valence-electron chi connectivity index (χ2n) is 6.29. The topological polar surface area (TPSA) is 45.2 Å². The van der Waals surface area contributed by atoms with E-state index in [0.717, 1.165) is 27.9 Å². The third-order valence-corrected chi connectivity index (χ3v) is 4.37. The molecule has 2 rings (SSSR count). The number of nitrogens with zero attached hydrogens (tertiary/aromatic N) is 1. The third-order valence-electron chi connectivity index (χ3n) is 4.37. The van der Waals surface area contributed by atoms with E-state index < -0.39 is 0 Å². The van der Waals surface area contributed by atoms with Gasteiger partial charge in [0.15, 0.2) is 5.78 Å². The van der Waals surface area contributed by atoms with E-state index in [1.165, 1.54) is 11.1 Å². The van der Waals surface area contributed by atoms with E-state index in [1.807, 2.05) is 37.3 Å². The normalized spacial score (nSPS) is 13.7. The molecule has 0 radical (unpaired) electrons. The van der Waals surface area contributed by atoms with Crippen molar-refractivity contribution in [3.63, 3.8) is 0 Å². The number of allylic oxidation sites excluding steroid dienone is 7. The monoisotopic (exact) mass is 348 g/mol. The Balaban J connectivity index is 0.00000364. The number of rotatable bonds is 6. The largest absolute Gasteiger partial charge is 0.354 e. The molecule has 0 aliphatic rings. The van der Waals surface area contributed by atoms with Crippen molar-refractivity contribution < 1.29 is 6.22 Å². The number of ketones is 1. The minimum Gasteiger partial charge on any atom is -0.354 e. The van der Waals surface area contributed by atoms with Crippen LogP contribution in [0.1, 0.15) is 32.1 Å². The Hall–Kier alpha value is -2.94. The summed E-state index contributed by atoms with van der Waals surface area (Å²) in [5.74, 6) is -0.00965. The van der Waals surface area contributed by atoms with Crippen molar-refractivity contribution in [2.75, 3.05) is 7.05 Å². The van der Waals surface area contributed by atoms with E-state index in [4.69, 9.17) is 0 Å². The molecule has 0 atom stereocenters. The van der Waals surface area contributed by atoms with Gasteiger partial charge in [0.05, 0.1) is 11.4 Å². The maximum absolute atomic E-state index is 12.3. The number of nitrogens with one attached hydrogen (secondary N) is 1. The highest BCUT2D eigenvalue weighted by molar-refractivity contribution is 6.27. The smallest absolute Gasteiger partial charge is 0.161 e. The Labute approximate surface area is 157 Å². The van der Waals surface area contributed by atoms with Crippen LogP contribution < -0.4 is 0 Å². The third kappa shape index (κ3) is 4.17. The van der Waals surface area contributed by atoms with Crippen molar-refractivity contribution >= 4 is 28.0 Å². The zero-order valence-corrected chi connectivity index (χ0v) is 16.2. The molecule has 1 aromatic carbocycles. The van der Waals surface area contributed by atoms with Gasteiger partial charge in [0.1, 0.15) is 0 Å². The molecular formula is C23H28N2O. The van der Waals surface area contributed by atoms with Gasteiger partial charge in [-0.05, 0) is 68.7 Å². The molecule has 3 heteroatoms. The van der Waals surface area contributed by atoms with Crippen molar-refractivity contribution in [1.82, 2.24) is 4.98 Å². The molecule has 1 heterocycles. The number of benzene rings is 1. The van der Waals surface area contributed by atoms with Crippen molar-refractivity contribution in [3.05, 3.63) is 77.6 Å². The summed E-state index contributed by atoms with van der Waals surface area (Å²) in [4.78, 5) is 20.1. The minimum atomic E-state index is -0.00965. The number of aryl methyl sites for hydroxylation is 2. The van der Waals surface area contributed by atoms with E-state index >= 15 is 0 Å². The highest BCUT2D eigenvalue weighted by Crippen LogP contribution is 2.25. The highest BCUT2D eigenvalue weighted by Gasteiger charge is 2.13. The first-order valence-electron chi connectivity index (χ1n) is 8.66. The molecule has 0 spiro atoms. The number of hydrogen-bond donors (Lipinski definition) is 1. The predicted molar refractivity (Wildman–Crippen MR) is 115 cm³/mol. The first-order valence-corrected chi connectivity index (χ1v) is 8.66. The van der Waals surface area contributed by atoms with Gasteiger partial charge in [-0.3, -0.25) is 9.79 Å². The van der Waals surface area contributed by atoms with Gasteiger partial charge in [0.25, 0.3) is 0 Å². The van der Waals surface area contributed by atoms with Crippen molar-refractivity contribution in [3.8, 4) is 0 Å². The zero-order chi connectivity index (χ0) is 19.3. The summed E-state index contributed by atoms with van der Waals surface area (Å²) in [7, 11) is 1.72. The van der Waals surface area contributed by atoms with E-state index in [1.54, 1.807) is 20.0 Å². The predicted octanol–water partition coefficient (Wildman–Crippen LogP) is 5.76. The number of Topliss-reactive ketones (excluding diaryl/α,β-unsaturated/α-hetero) is 1. The van der Waals surface area contributed by atoms with Gasteiger partial charge in [-0.25, -0.2) is 0 Å². The molecule has 0 saturated carbocycles. The lowest BCUT2D eigenvalue weighted by Crippen LogP contribution is -2.04. The Morgan fingerprint density at radius 1 is 1.23 bits per heavy atom. The van der Waals surface area contributed by atoms with E-state index in [0.29, 0.717) is 5.57 Å². The zero-order valence-electron chi connectivity index (χ0n) is 16.2. The molecule has 0 bridgehead atoms. The Morgan fingerprint density at radius 2 is 1.92 bits per heavy atom. The summed E-state index contributed by atoms with van der Waals surface area (Å²) in [5.41, 5.74) is 6.54. The van der Waals surface area contributed by atoms with Crippen LogP contribution in [0.5, 0.6) is 0 Å². The number of fused-ring (bicyclic) bond motifs is 1. The Kier molecular flexibility index (Phi) is 6.29. The van der Waals surface area contributed by atoms with Crippen molar-refractivity contribution in [1.29, 1.82) is 0 Å². The summed E-state index contributed by atoms with van der Waals surface area (Å²) < 4.78 is 0. The van der Waals surface area contributed by atoms with Gasteiger partial charge < -0.3 is 4.98 Å². The van der Waals surface area contributed by atoms with Crippen molar-refractivity contribution in [2.24, 2.45) is 4.99 Å². The van der Waals surface area contributed by atoms with Crippen LogP contribution in [-0.2, 0) is 4.79 Å². The number of carbonyl (C=O) groups is 1. The lowest BCUT2D eigenvalue weighted by atomic mass is 10.0. The first kappa shape index (κ1) is 19.4. The Bertz CT molecular complexity index is 933. The van der Waals surface area contributed by atoms with Crippen LogP contribution >= 0.6 is 0 Å². The lowest BCUT2D eigenvalue weighted by molar-refractivity contribution is -0.111. The summed E-state index contributed by atoms with van der Waals surface area (Å²) in [5, 5.41) is 1.10. The fraction of sp³-hybridized carbons (Fsp3) is 0.217. The number of hydrogen-bond acceptors (Lipinski definition) is 2. The second-order valence-corrected chi connectivity index (χ2v) is 6.29. The molecule has 136 valence electrons. The number of aromatic nitrogens is 1. The van der Waals surface area contributed by atoms with Crippen LogP contribution in [0.3, 0.4) is 0 Å². The van der Waals surface area contributed by atoms with Crippen LogP contribution in [0.2, 0.25) is 0 Å². The van der Waals surface area contributed by atoms with Gasteiger partial charge in [-0.15, -0.1) is 0 Å². The van der Waals surface area contributed by atoms with Crippen LogP contribution in [-0.4, -0.2) is 23.5 Å². The molecule has 3 nitrogen and oxygen atoms in total. The number of H-pyrrole nitrogens is 1. The molecule has 0 fully saturated rings. The van der Waals surface area contributed by atoms with Crippen LogP contribution in [0.4, 0.5) is 0 Å². The van der Waals surface area contributed by atoms with Gasteiger partial charge >= 0.3 is 0 Å². The fourth-order valence-electron chi connectivity index (χ4n) is 2.86. The summed E-state index contributed by atoms with van der Waals surface area (Å²) >= 11 is 0. The molecule has 0 aliphatic heterocycles. The number of aliphatic imine (C=N–C) groups is 1. The van der Waals surface area contributed by atoms with Crippen molar-refractivity contribution in [2.45, 2.75) is 27.7 Å². The second kappa shape index (κ2) is 8.43. The molecular weight excluding hydrogens is 320 g/mol. The molecule has 0 unspecified atom stereocenters. The van der Waals surface area contributed by atoms with Crippen LogP contribution in [0.25, 0.3) is 16.5 Å². The SMILES string of the molecule is C=C/C=C(\C=C/C)C(/C=C(\C(C)=O)c1cc2cc(C)c(C)cc2[nH]1)=NC.[HH]. The first-order chi connectivity index (χ1) is 12.4. The van der Waals surface area contributed by atoms with E-state index in [9.17, 15) is 4.79 Å². The average Bonchev–Trinajstić information content (AvgIpc) is 2.98. The fourth-order valence-corrected chi connectivity index (χ4v) is 2.86. The molecule has 1 aromatic heterocycles. The molecule has 2 aromatic rings. The standard InChI is InChI=1S/C23H26N2O.H2/c1-7-9-18(10-8-2)21(24-6)14-20(17(5)26)23-13-19-11-15(3)16(4)12-22(19)25-23;/h7-14,25H,1H2,2-6H3;1H/b10-8-,18-9+,20-14+,24-21?;. The van der Waals surface area contributed by atoms with Gasteiger partial charge in [-0.1, -0.05) is 30.9 Å². The maximum Gasteiger partial charge on any atom is 0.161 e. The summed E-state index contributed by atoms with van der Waals surface area (Å²) in [6, 6.07) is 6.28. The summed E-state index contributed by atoms with van der Waals surface area (Å²) in [6.07, 6.45) is 9.33. The average molecular weight is 348 g/mol. The van der Waals surface area contributed by atoms with Crippen LogP contribution in [0, 0.1) is 13.8 Å². The molecule has 1 N–H and O–H groups in total. The van der Waals surface area contributed by atoms with Gasteiger partial charge in [0, 0.05) is 25.0 Å². The Morgan fingerprint density at radius 3 is 2.50 bits per heavy atom. The van der Waals surface area contributed by atoms with E-state index in [-0.39, 0.29) is 7.21 Å². The quantitative estimate of drug-likeness (QED) is 0.402. The molecule has 0 amide bonds. The van der Waals surface area contributed by atoms with Gasteiger partial charge in [0.2, 0.25) is 0 Å². The molecule has 26 heavy (non-hydrogen) atoms. The van der Waals surface area contributed by atoms with Crippen LogP contribution in [0.15, 0.2) is 65.7 Å². The van der Waals surface area contributed by atoms with Gasteiger partial charge in [-0.2, -0.15) is 0 Å². The molecule has 0 aliphatic carbocycles. The van der Waals surface area contributed by atoms with E-state index in [2.05, 4.69) is 42.5 Å².